The lowest BCUT2D eigenvalue weighted by atomic mass is 10.0. The van der Waals surface area contributed by atoms with Crippen molar-refractivity contribution < 1.29 is 27.4 Å². The standard InChI is InChI=1S/C22H20FNO5S/c1-3-14-7-9-15(10-8-14)17-5-4-6-20(21(17)23)30(27,28)24-18-12-11-16(22(25)26)13-19(18)29-2/h4-13,24H,3H2,1-2H3,(H,25,26). The molecule has 0 saturated carbocycles. The summed E-state index contributed by atoms with van der Waals surface area (Å²) < 4.78 is 48.3. The summed E-state index contributed by atoms with van der Waals surface area (Å²) in [7, 11) is -3.03. The second kappa shape index (κ2) is 8.54. The van der Waals surface area contributed by atoms with Crippen LogP contribution < -0.4 is 9.46 Å². The number of hydrogen-bond donors (Lipinski definition) is 2. The van der Waals surface area contributed by atoms with Crippen LogP contribution in [0.25, 0.3) is 11.1 Å². The minimum Gasteiger partial charge on any atom is -0.495 e. The molecule has 0 aromatic heterocycles. The van der Waals surface area contributed by atoms with E-state index in [1.54, 1.807) is 12.1 Å². The van der Waals surface area contributed by atoms with E-state index in [-0.39, 0.29) is 22.6 Å². The smallest absolute Gasteiger partial charge is 0.335 e. The molecule has 0 saturated heterocycles. The van der Waals surface area contributed by atoms with E-state index in [0.717, 1.165) is 12.0 Å². The summed E-state index contributed by atoms with van der Waals surface area (Å²) in [6.07, 6.45) is 0.837. The van der Waals surface area contributed by atoms with Crippen LogP contribution in [0.5, 0.6) is 5.75 Å². The minimum absolute atomic E-state index is 0.000369. The van der Waals surface area contributed by atoms with Crippen molar-refractivity contribution in [2.75, 3.05) is 11.8 Å². The number of aryl methyl sites for hydroxylation is 1. The maximum Gasteiger partial charge on any atom is 0.335 e. The molecule has 0 amide bonds. The lowest BCUT2D eigenvalue weighted by Crippen LogP contribution is -2.16. The summed E-state index contributed by atoms with van der Waals surface area (Å²) >= 11 is 0. The van der Waals surface area contributed by atoms with Gasteiger partial charge >= 0.3 is 5.97 Å². The summed E-state index contributed by atoms with van der Waals surface area (Å²) in [5.41, 5.74) is 1.73. The number of rotatable bonds is 7. The number of benzene rings is 3. The molecule has 0 fully saturated rings. The van der Waals surface area contributed by atoms with Gasteiger partial charge in [-0.05, 0) is 41.8 Å². The van der Waals surface area contributed by atoms with Crippen molar-refractivity contribution in [1.82, 2.24) is 0 Å². The van der Waals surface area contributed by atoms with Gasteiger partial charge in [-0.2, -0.15) is 0 Å². The van der Waals surface area contributed by atoms with Crippen molar-refractivity contribution in [1.29, 1.82) is 0 Å². The summed E-state index contributed by atoms with van der Waals surface area (Å²) in [4.78, 5) is 10.6. The van der Waals surface area contributed by atoms with Crippen LogP contribution in [0.3, 0.4) is 0 Å². The number of aromatic carboxylic acids is 1. The first-order chi connectivity index (χ1) is 14.3. The van der Waals surface area contributed by atoms with Crippen LogP contribution in [0, 0.1) is 5.82 Å². The normalized spacial score (nSPS) is 11.2. The molecule has 6 nitrogen and oxygen atoms in total. The summed E-state index contributed by atoms with van der Waals surface area (Å²) in [6, 6.07) is 15.0. The van der Waals surface area contributed by atoms with E-state index in [4.69, 9.17) is 9.84 Å². The first-order valence-electron chi connectivity index (χ1n) is 9.08. The Kier molecular flexibility index (Phi) is 6.07. The molecule has 0 aliphatic heterocycles. The van der Waals surface area contributed by atoms with Crippen LogP contribution in [0.4, 0.5) is 10.1 Å². The molecule has 3 aromatic rings. The Morgan fingerprint density at radius 2 is 1.80 bits per heavy atom. The van der Waals surface area contributed by atoms with Gasteiger partial charge in [0.15, 0.2) is 5.82 Å². The van der Waals surface area contributed by atoms with Crippen molar-refractivity contribution in [3.63, 3.8) is 0 Å². The molecule has 0 spiro atoms. The Balaban J connectivity index is 2.00. The molecule has 3 rings (SSSR count). The molecular weight excluding hydrogens is 409 g/mol. The zero-order valence-electron chi connectivity index (χ0n) is 16.3. The molecule has 0 radical (unpaired) electrons. The van der Waals surface area contributed by atoms with Gasteiger partial charge in [0.2, 0.25) is 0 Å². The van der Waals surface area contributed by atoms with Crippen molar-refractivity contribution >= 4 is 21.7 Å². The number of anilines is 1. The fraction of sp³-hybridized carbons (Fsp3) is 0.136. The zero-order valence-corrected chi connectivity index (χ0v) is 17.2. The molecule has 0 atom stereocenters. The third kappa shape index (κ3) is 4.28. The van der Waals surface area contributed by atoms with Gasteiger partial charge in [-0.3, -0.25) is 4.72 Å². The number of ether oxygens (including phenoxy) is 1. The van der Waals surface area contributed by atoms with Crippen LogP contribution >= 0.6 is 0 Å². The molecule has 30 heavy (non-hydrogen) atoms. The Hall–Kier alpha value is -3.39. The lowest BCUT2D eigenvalue weighted by Gasteiger charge is -2.14. The number of carbonyl (C=O) groups is 1. The average molecular weight is 429 g/mol. The molecule has 0 unspecified atom stereocenters. The van der Waals surface area contributed by atoms with E-state index in [1.165, 1.54) is 43.5 Å². The van der Waals surface area contributed by atoms with Gasteiger partial charge < -0.3 is 9.84 Å². The van der Waals surface area contributed by atoms with Gasteiger partial charge in [-0.1, -0.05) is 43.3 Å². The maximum absolute atomic E-state index is 15.2. The average Bonchev–Trinajstić information content (AvgIpc) is 2.73. The van der Waals surface area contributed by atoms with E-state index >= 15 is 4.39 Å². The van der Waals surface area contributed by atoms with Crippen molar-refractivity contribution in [2.45, 2.75) is 18.2 Å². The number of sulfonamides is 1. The molecule has 0 aliphatic rings. The largest absolute Gasteiger partial charge is 0.495 e. The summed E-state index contributed by atoms with van der Waals surface area (Å²) in [5, 5.41) is 9.07. The second-order valence-electron chi connectivity index (χ2n) is 6.49. The number of hydrogen-bond acceptors (Lipinski definition) is 4. The number of methoxy groups -OCH3 is 1. The molecule has 0 aliphatic carbocycles. The van der Waals surface area contributed by atoms with Crippen LogP contribution in [0.2, 0.25) is 0 Å². The SMILES string of the molecule is CCc1ccc(-c2cccc(S(=O)(=O)Nc3ccc(C(=O)O)cc3OC)c2F)cc1. The number of carboxylic acids is 1. The highest BCUT2D eigenvalue weighted by Crippen LogP contribution is 2.31. The number of carboxylic acid groups (broad SMARTS) is 1. The lowest BCUT2D eigenvalue weighted by molar-refractivity contribution is 0.0696. The second-order valence-corrected chi connectivity index (χ2v) is 8.14. The van der Waals surface area contributed by atoms with Crippen molar-refractivity contribution in [2.24, 2.45) is 0 Å². The molecule has 0 heterocycles. The van der Waals surface area contributed by atoms with E-state index < -0.39 is 26.7 Å². The van der Waals surface area contributed by atoms with E-state index in [2.05, 4.69) is 4.72 Å². The predicted octanol–water partition coefficient (Wildman–Crippen LogP) is 4.56. The fourth-order valence-corrected chi connectivity index (χ4v) is 4.14. The van der Waals surface area contributed by atoms with Crippen molar-refractivity contribution in [3.05, 3.63) is 77.6 Å². The Morgan fingerprint density at radius 3 is 2.40 bits per heavy atom. The molecule has 8 heteroatoms. The predicted molar refractivity (Wildman–Crippen MR) is 112 cm³/mol. The minimum atomic E-state index is -4.31. The Labute approximate surface area is 174 Å². The van der Waals surface area contributed by atoms with Crippen LogP contribution in [0.1, 0.15) is 22.8 Å². The van der Waals surface area contributed by atoms with Gasteiger partial charge in [-0.25, -0.2) is 17.6 Å². The molecule has 156 valence electrons. The van der Waals surface area contributed by atoms with E-state index in [9.17, 15) is 13.2 Å². The Bertz CT molecular complexity index is 1190. The first-order valence-corrected chi connectivity index (χ1v) is 10.6. The third-order valence-corrected chi connectivity index (χ3v) is 6.00. The molecule has 2 N–H and O–H groups in total. The highest BCUT2D eigenvalue weighted by atomic mass is 32.2. The summed E-state index contributed by atoms with van der Waals surface area (Å²) in [6.45, 7) is 2.01. The molecule has 0 bridgehead atoms. The zero-order chi connectivity index (χ0) is 21.9. The molecular formula is C22H20FNO5S. The van der Waals surface area contributed by atoms with Crippen LogP contribution in [0.15, 0.2) is 65.6 Å². The van der Waals surface area contributed by atoms with Gasteiger partial charge in [0.25, 0.3) is 10.0 Å². The Morgan fingerprint density at radius 1 is 1.10 bits per heavy atom. The maximum atomic E-state index is 15.2. The van der Waals surface area contributed by atoms with E-state index in [0.29, 0.717) is 5.56 Å². The number of halogens is 1. The fourth-order valence-electron chi connectivity index (χ4n) is 2.97. The highest BCUT2D eigenvalue weighted by Gasteiger charge is 2.23. The van der Waals surface area contributed by atoms with E-state index in [1.807, 2.05) is 19.1 Å². The van der Waals surface area contributed by atoms with Crippen LogP contribution in [-0.2, 0) is 16.4 Å². The van der Waals surface area contributed by atoms with Gasteiger partial charge in [0.1, 0.15) is 10.6 Å². The van der Waals surface area contributed by atoms with Gasteiger partial charge in [-0.15, -0.1) is 0 Å². The first kappa shape index (κ1) is 21.3. The third-order valence-electron chi connectivity index (χ3n) is 4.62. The monoisotopic (exact) mass is 429 g/mol. The summed E-state index contributed by atoms with van der Waals surface area (Å²) in [5.74, 6) is -2.06. The quantitative estimate of drug-likeness (QED) is 0.574. The van der Waals surface area contributed by atoms with Crippen LogP contribution in [-0.4, -0.2) is 26.6 Å². The highest BCUT2D eigenvalue weighted by molar-refractivity contribution is 7.92. The van der Waals surface area contributed by atoms with Gasteiger partial charge in [0.05, 0.1) is 18.4 Å². The number of nitrogens with one attached hydrogen (secondary N) is 1. The topological polar surface area (TPSA) is 92.7 Å². The van der Waals surface area contributed by atoms with Gasteiger partial charge in [0, 0.05) is 5.56 Å². The van der Waals surface area contributed by atoms with Crippen molar-refractivity contribution in [3.8, 4) is 16.9 Å². The molecule has 3 aromatic carbocycles.